The molecular formula is C20H25NSi. The molecule has 114 valence electrons. The Hall–Kier alpha value is -1.95. The van der Waals surface area contributed by atoms with E-state index in [1.165, 1.54) is 0 Å². The molecule has 0 aliphatic carbocycles. The predicted octanol–water partition coefficient (Wildman–Crippen LogP) is 5.13. The smallest absolute Gasteiger partial charge is 0.147 e. The minimum Gasteiger partial charge on any atom is -0.192 e. The van der Waals surface area contributed by atoms with E-state index in [1.807, 2.05) is 12.1 Å². The second-order valence-electron chi connectivity index (χ2n) is 6.59. The van der Waals surface area contributed by atoms with E-state index in [0.717, 1.165) is 5.56 Å². The van der Waals surface area contributed by atoms with Crippen molar-refractivity contribution in [3.05, 3.63) is 35.4 Å². The van der Waals surface area contributed by atoms with Crippen LogP contribution in [0.15, 0.2) is 24.3 Å². The molecule has 1 rings (SSSR count). The van der Waals surface area contributed by atoms with Crippen LogP contribution >= 0.6 is 0 Å². The molecule has 0 amide bonds. The lowest BCUT2D eigenvalue weighted by molar-refractivity contribution is 0.838. The summed E-state index contributed by atoms with van der Waals surface area (Å²) in [5, 5.41) is 8.78. The number of nitrogens with zero attached hydrogens (tertiary/aromatic N) is 1. The Labute approximate surface area is 136 Å². The van der Waals surface area contributed by atoms with E-state index in [4.69, 9.17) is 5.26 Å². The topological polar surface area (TPSA) is 23.8 Å². The summed E-state index contributed by atoms with van der Waals surface area (Å²) in [6.45, 7) is 13.8. The first-order chi connectivity index (χ1) is 10.3. The molecular weight excluding hydrogens is 282 g/mol. The maximum atomic E-state index is 8.78. The summed E-state index contributed by atoms with van der Waals surface area (Å²) in [7, 11) is -1.69. The molecule has 0 aliphatic rings. The van der Waals surface area contributed by atoms with E-state index >= 15 is 0 Å². The van der Waals surface area contributed by atoms with Gasteiger partial charge in [-0.3, -0.25) is 0 Å². The second kappa shape index (κ2) is 7.89. The molecule has 22 heavy (non-hydrogen) atoms. The number of nitriles is 1. The van der Waals surface area contributed by atoms with Gasteiger partial charge >= 0.3 is 0 Å². The highest BCUT2D eigenvalue weighted by molar-refractivity contribution is 6.90. The summed E-state index contributed by atoms with van der Waals surface area (Å²) in [5.74, 6) is 9.21. The number of hydrogen-bond acceptors (Lipinski definition) is 1. The van der Waals surface area contributed by atoms with Gasteiger partial charge in [0.05, 0.1) is 11.6 Å². The van der Waals surface area contributed by atoms with Crippen LogP contribution in [0.5, 0.6) is 0 Å². The Balaban J connectivity index is 3.06. The molecule has 0 saturated carbocycles. The minimum absolute atomic E-state index is 0.622. The summed E-state index contributed by atoms with van der Waals surface area (Å²) in [4.78, 5) is 0. The first kappa shape index (κ1) is 18.1. The zero-order valence-electron chi connectivity index (χ0n) is 14.5. The third kappa shape index (κ3) is 4.04. The Morgan fingerprint density at radius 3 is 1.64 bits per heavy atom. The first-order valence-corrected chi connectivity index (χ1v) is 10.1. The van der Waals surface area contributed by atoms with Gasteiger partial charge in [0, 0.05) is 5.56 Å². The molecule has 0 heterocycles. The standard InChI is InChI=1S/C20H25NSi/c1-16(2)22(17(3)4,18(5)6)14-8-7-9-19-10-12-20(15-21)13-11-19/h10-13,16-18H,1-6H3. The molecule has 0 bridgehead atoms. The zero-order chi connectivity index (χ0) is 16.8. The monoisotopic (exact) mass is 307 g/mol. The second-order valence-corrected chi connectivity index (χ2v) is 12.2. The summed E-state index contributed by atoms with van der Waals surface area (Å²) >= 11 is 0. The van der Waals surface area contributed by atoms with Crippen LogP contribution in [0.4, 0.5) is 0 Å². The van der Waals surface area contributed by atoms with E-state index in [-0.39, 0.29) is 0 Å². The Morgan fingerprint density at radius 1 is 0.773 bits per heavy atom. The van der Waals surface area contributed by atoms with Gasteiger partial charge in [0.15, 0.2) is 0 Å². The maximum absolute atomic E-state index is 8.78. The maximum Gasteiger partial charge on any atom is 0.147 e. The fourth-order valence-electron chi connectivity index (χ4n) is 3.30. The van der Waals surface area contributed by atoms with Gasteiger partial charge in [-0.25, -0.2) is 0 Å². The number of benzene rings is 1. The fourth-order valence-corrected chi connectivity index (χ4v) is 8.45. The highest BCUT2D eigenvalue weighted by atomic mass is 28.3. The summed E-state index contributed by atoms with van der Waals surface area (Å²) in [6, 6.07) is 9.41. The molecule has 2 heteroatoms. The van der Waals surface area contributed by atoms with Gasteiger partial charge in [-0.15, -0.1) is 5.54 Å². The molecule has 0 radical (unpaired) electrons. The van der Waals surface area contributed by atoms with Crippen LogP contribution < -0.4 is 0 Å². The third-order valence-corrected chi connectivity index (χ3v) is 10.7. The largest absolute Gasteiger partial charge is 0.192 e. The zero-order valence-corrected chi connectivity index (χ0v) is 15.5. The Morgan fingerprint density at radius 2 is 1.23 bits per heavy atom. The average Bonchev–Trinajstić information content (AvgIpc) is 2.46. The Kier molecular flexibility index (Phi) is 6.49. The van der Waals surface area contributed by atoms with Gasteiger partial charge in [-0.2, -0.15) is 5.26 Å². The first-order valence-electron chi connectivity index (χ1n) is 7.88. The lowest BCUT2D eigenvalue weighted by Gasteiger charge is -2.37. The van der Waals surface area contributed by atoms with Crippen molar-refractivity contribution in [2.24, 2.45) is 0 Å². The van der Waals surface area contributed by atoms with Crippen LogP contribution in [0.1, 0.15) is 52.7 Å². The van der Waals surface area contributed by atoms with Crippen LogP contribution in [-0.2, 0) is 0 Å². The van der Waals surface area contributed by atoms with Crippen molar-refractivity contribution in [3.8, 4) is 29.4 Å². The molecule has 1 aromatic carbocycles. The van der Waals surface area contributed by atoms with Gasteiger partial charge in [-0.1, -0.05) is 47.5 Å². The van der Waals surface area contributed by atoms with Gasteiger partial charge in [0.2, 0.25) is 0 Å². The molecule has 0 aliphatic heterocycles. The van der Waals surface area contributed by atoms with Crippen LogP contribution in [0.3, 0.4) is 0 Å². The average molecular weight is 308 g/mol. The number of hydrogen-bond donors (Lipinski definition) is 0. The minimum atomic E-state index is -1.69. The van der Waals surface area contributed by atoms with Crippen molar-refractivity contribution in [2.75, 3.05) is 0 Å². The van der Waals surface area contributed by atoms with Crippen molar-refractivity contribution < 1.29 is 0 Å². The van der Waals surface area contributed by atoms with Crippen molar-refractivity contribution in [1.29, 1.82) is 5.26 Å². The quantitative estimate of drug-likeness (QED) is 0.561. The third-order valence-electron chi connectivity index (χ3n) is 4.43. The summed E-state index contributed by atoms with van der Waals surface area (Å²) in [5.41, 5.74) is 7.01. The van der Waals surface area contributed by atoms with Gasteiger partial charge in [0.25, 0.3) is 0 Å². The van der Waals surface area contributed by atoms with Crippen LogP contribution in [0.25, 0.3) is 0 Å². The lowest BCUT2D eigenvalue weighted by Crippen LogP contribution is -2.43. The normalized spacial score (nSPS) is 10.7. The predicted molar refractivity (Wildman–Crippen MR) is 96.9 cm³/mol. The van der Waals surface area contributed by atoms with Crippen LogP contribution in [0.2, 0.25) is 16.6 Å². The summed E-state index contributed by atoms with van der Waals surface area (Å²) in [6.07, 6.45) is 0. The molecule has 0 atom stereocenters. The van der Waals surface area contributed by atoms with Crippen molar-refractivity contribution in [3.63, 3.8) is 0 Å². The van der Waals surface area contributed by atoms with E-state index in [2.05, 4.69) is 70.9 Å². The lowest BCUT2D eigenvalue weighted by atomic mass is 10.1. The highest BCUT2D eigenvalue weighted by Gasteiger charge is 2.41. The van der Waals surface area contributed by atoms with Gasteiger partial charge in [0.1, 0.15) is 8.07 Å². The molecule has 1 nitrogen and oxygen atoms in total. The summed E-state index contributed by atoms with van der Waals surface area (Å²) < 4.78 is 0. The van der Waals surface area contributed by atoms with Crippen molar-refractivity contribution in [1.82, 2.24) is 0 Å². The molecule has 0 aromatic heterocycles. The van der Waals surface area contributed by atoms with E-state index in [9.17, 15) is 0 Å². The fraction of sp³-hybridized carbons (Fsp3) is 0.450. The Bertz CT molecular complexity index is 630. The van der Waals surface area contributed by atoms with E-state index in [1.54, 1.807) is 12.1 Å². The highest BCUT2D eigenvalue weighted by Crippen LogP contribution is 2.40. The number of rotatable bonds is 3. The molecule has 1 aromatic rings. The van der Waals surface area contributed by atoms with Crippen molar-refractivity contribution >= 4 is 8.07 Å². The molecule has 0 unspecified atom stereocenters. The van der Waals surface area contributed by atoms with Gasteiger partial charge in [-0.05, 0) is 52.7 Å². The molecule has 0 spiro atoms. The van der Waals surface area contributed by atoms with E-state index in [0.29, 0.717) is 22.2 Å². The molecule has 0 N–H and O–H groups in total. The van der Waals surface area contributed by atoms with Crippen LogP contribution in [0, 0.1) is 34.6 Å². The van der Waals surface area contributed by atoms with Crippen LogP contribution in [-0.4, -0.2) is 8.07 Å². The van der Waals surface area contributed by atoms with Gasteiger partial charge < -0.3 is 0 Å². The molecule has 0 saturated heterocycles. The van der Waals surface area contributed by atoms with Crippen molar-refractivity contribution in [2.45, 2.75) is 58.2 Å². The SMILES string of the molecule is CC(C)[Si](C#CC#Cc1ccc(C#N)cc1)(C(C)C)C(C)C. The molecule has 0 fully saturated rings. The van der Waals surface area contributed by atoms with E-state index < -0.39 is 8.07 Å².